The Hall–Kier alpha value is -0.870. The lowest BCUT2D eigenvalue weighted by Gasteiger charge is -2.19. The Balaban J connectivity index is 2.26. The third-order valence-corrected chi connectivity index (χ3v) is 4.52. The average Bonchev–Trinajstić information content (AvgIpc) is 2.41. The fourth-order valence-electron chi connectivity index (χ4n) is 2.41. The molecule has 3 N–H and O–H groups in total. The van der Waals surface area contributed by atoms with Gasteiger partial charge < -0.3 is 5.43 Å². The van der Waals surface area contributed by atoms with Crippen molar-refractivity contribution in [1.29, 1.82) is 0 Å². The number of hydrogen-bond acceptors (Lipinski definition) is 2. The van der Waals surface area contributed by atoms with Crippen LogP contribution in [-0.4, -0.2) is 11.9 Å². The van der Waals surface area contributed by atoms with Gasteiger partial charge in [0.15, 0.2) is 0 Å². The highest BCUT2D eigenvalue weighted by atomic mass is 79.9. The second-order valence-corrected chi connectivity index (χ2v) is 5.64. The molecule has 98 valence electrons. The van der Waals surface area contributed by atoms with E-state index in [1.165, 1.54) is 37.7 Å². The van der Waals surface area contributed by atoms with Crippen molar-refractivity contribution in [3.05, 3.63) is 33.8 Å². The van der Waals surface area contributed by atoms with E-state index in [9.17, 15) is 0 Å². The van der Waals surface area contributed by atoms with Gasteiger partial charge in [-0.1, -0.05) is 37.5 Å². The summed E-state index contributed by atoms with van der Waals surface area (Å²) in [4.78, 5) is 4.78. The Bertz CT molecular complexity index is 437. The molecule has 4 heteroatoms. The van der Waals surface area contributed by atoms with E-state index in [4.69, 9.17) is 10.8 Å². The first-order valence-electron chi connectivity index (χ1n) is 6.52. The van der Waals surface area contributed by atoms with Gasteiger partial charge >= 0.3 is 0 Å². The van der Waals surface area contributed by atoms with Crippen LogP contribution < -0.4 is 11.3 Å². The number of halogens is 1. The Kier molecular flexibility index (Phi) is 4.78. The summed E-state index contributed by atoms with van der Waals surface area (Å²) in [6.07, 6.45) is 6.25. The maximum atomic E-state index is 5.64. The highest BCUT2D eigenvalue weighted by Gasteiger charge is 2.15. The lowest BCUT2D eigenvalue weighted by molar-refractivity contribution is 0.442. The molecule has 0 bridgehead atoms. The van der Waals surface area contributed by atoms with Gasteiger partial charge in [-0.2, -0.15) is 0 Å². The third kappa shape index (κ3) is 3.12. The minimum Gasteiger partial charge on any atom is -0.308 e. The van der Waals surface area contributed by atoms with Crippen molar-refractivity contribution < 1.29 is 0 Å². The fourth-order valence-corrected chi connectivity index (χ4v) is 2.86. The van der Waals surface area contributed by atoms with Gasteiger partial charge in [-0.15, -0.1) is 0 Å². The van der Waals surface area contributed by atoms with Crippen molar-refractivity contribution in [2.24, 2.45) is 10.8 Å². The first-order valence-corrected chi connectivity index (χ1v) is 7.31. The molecule has 0 unspecified atom stereocenters. The molecule has 1 aromatic carbocycles. The number of aryl methyl sites for hydroxylation is 1. The summed E-state index contributed by atoms with van der Waals surface area (Å²) in [5.41, 5.74) is 4.99. The molecule has 0 atom stereocenters. The zero-order valence-electron chi connectivity index (χ0n) is 10.7. The van der Waals surface area contributed by atoms with E-state index in [0.717, 1.165) is 15.9 Å². The summed E-state index contributed by atoms with van der Waals surface area (Å²) in [6.45, 7) is 2.07. The monoisotopic (exact) mass is 309 g/mol. The van der Waals surface area contributed by atoms with Gasteiger partial charge in [0.05, 0.1) is 6.04 Å². The van der Waals surface area contributed by atoms with E-state index in [1.807, 2.05) is 12.1 Å². The second kappa shape index (κ2) is 6.34. The van der Waals surface area contributed by atoms with Gasteiger partial charge in [-0.25, -0.2) is 5.84 Å². The van der Waals surface area contributed by atoms with Gasteiger partial charge in [0.2, 0.25) is 0 Å². The number of nitrogens with zero attached hydrogens (tertiary/aromatic N) is 1. The van der Waals surface area contributed by atoms with Crippen LogP contribution in [0.5, 0.6) is 0 Å². The summed E-state index contributed by atoms with van der Waals surface area (Å²) >= 11 is 3.61. The second-order valence-electron chi connectivity index (χ2n) is 4.85. The molecule has 1 aromatic rings. The Morgan fingerprint density at radius 2 is 2.06 bits per heavy atom. The highest BCUT2D eigenvalue weighted by molar-refractivity contribution is 9.10. The van der Waals surface area contributed by atoms with Crippen molar-refractivity contribution >= 4 is 21.8 Å². The minimum absolute atomic E-state index is 0.414. The molecule has 1 aliphatic carbocycles. The summed E-state index contributed by atoms with van der Waals surface area (Å²) in [5.74, 6) is 6.43. The molecule has 2 rings (SSSR count). The number of rotatable bonds is 2. The first-order chi connectivity index (χ1) is 8.72. The molecule has 0 saturated heterocycles. The number of nitrogens with one attached hydrogen (secondary N) is 1. The third-order valence-electron chi connectivity index (χ3n) is 3.47. The Labute approximate surface area is 117 Å². The summed E-state index contributed by atoms with van der Waals surface area (Å²) in [7, 11) is 0. The predicted octanol–water partition coefficient (Wildman–Crippen LogP) is 3.30. The number of nitrogens with two attached hydrogens (primary N) is 1. The van der Waals surface area contributed by atoms with Gasteiger partial charge in [0, 0.05) is 10.0 Å². The van der Waals surface area contributed by atoms with Crippen LogP contribution in [0.1, 0.15) is 43.2 Å². The van der Waals surface area contributed by atoms with Crippen LogP contribution in [0.4, 0.5) is 0 Å². The summed E-state index contributed by atoms with van der Waals surface area (Å²) in [6, 6.07) is 6.56. The van der Waals surface area contributed by atoms with E-state index in [2.05, 4.69) is 34.3 Å². The molecule has 3 nitrogen and oxygen atoms in total. The van der Waals surface area contributed by atoms with E-state index < -0.39 is 0 Å². The molecule has 0 spiro atoms. The van der Waals surface area contributed by atoms with Crippen molar-refractivity contribution in [3.63, 3.8) is 0 Å². The van der Waals surface area contributed by atoms with Gasteiger partial charge in [0.1, 0.15) is 5.84 Å². The van der Waals surface area contributed by atoms with Crippen LogP contribution in [0.2, 0.25) is 0 Å². The van der Waals surface area contributed by atoms with Crippen LogP contribution in [0.25, 0.3) is 0 Å². The molecule has 0 heterocycles. The average molecular weight is 310 g/mol. The van der Waals surface area contributed by atoms with E-state index in [0.29, 0.717) is 6.04 Å². The van der Waals surface area contributed by atoms with Crippen LogP contribution in [-0.2, 0) is 0 Å². The van der Waals surface area contributed by atoms with Crippen LogP contribution in [0.3, 0.4) is 0 Å². The number of aliphatic imine (C=N–C) groups is 1. The van der Waals surface area contributed by atoms with Crippen LogP contribution in [0, 0.1) is 6.92 Å². The molecule has 1 fully saturated rings. The number of hydrazine groups is 1. The number of hydrogen-bond donors (Lipinski definition) is 2. The molecular formula is C14H20BrN3. The van der Waals surface area contributed by atoms with Crippen molar-refractivity contribution in [2.45, 2.75) is 45.1 Å². The van der Waals surface area contributed by atoms with Crippen LogP contribution >= 0.6 is 15.9 Å². The maximum Gasteiger partial charge on any atom is 0.143 e. The summed E-state index contributed by atoms with van der Waals surface area (Å²) < 4.78 is 1.07. The van der Waals surface area contributed by atoms with E-state index in [1.54, 1.807) is 0 Å². The molecule has 18 heavy (non-hydrogen) atoms. The fraction of sp³-hybridized carbons (Fsp3) is 0.500. The Morgan fingerprint density at radius 3 is 2.72 bits per heavy atom. The van der Waals surface area contributed by atoms with Crippen molar-refractivity contribution in [1.82, 2.24) is 5.43 Å². The normalized spacial score (nSPS) is 17.8. The van der Waals surface area contributed by atoms with Crippen LogP contribution in [0.15, 0.2) is 27.7 Å². The smallest absolute Gasteiger partial charge is 0.143 e. The van der Waals surface area contributed by atoms with Crippen molar-refractivity contribution in [3.8, 4) is 0 Å². The standard InChI is InChI=1S/C14H20BrN3/c1-10-6-5-9-12(13(10)15)14(18-16)17-11-7-3-2-4-8-11/h5-6,9,11H,2-4,7-8,16H2,1H3,(H,17,18). The molecule has 1 saturated carbocycles. The zero-order valence-corrected chi connectivity index (χ0v) is 12.3. The highest BCUT2D eigenvalue weighted by Crippen LogP contribution is 2.24. The molecule has 0 amide bonds. The molecule has 0 aromatic heterocycles. The van der Waals surface area contributed by atoms with E-state index in [-0.39, 0.29) is 0 Å². The van der Waals surface area contributed by atoms with Crippen molar-refractivity contribution in [2.75, 3.05) is 0 Å². The minimum atomic E-state index is 0.414. The van der Waals surface area contributed by atoms with Gasteiger partial charge in [-0.05, 0) is 41.3 Å². The zero-order chi connectivity index (χ0) is 13.0. The first kappa shape index (κ1) is 13.6. The SMILES string of the molecule is Cc1cccc(C(=NC2CCCCC2)NN)c1Br. The molecular weight excluding hydrogens is 290 g/mol. The summed E-state index contributed by atoms with van der Waals surface area (Å²) in [5, 5.41) is 0. The van der Waals surface area contributed by atoms with E-state index >= 15 is 0 Å². The largest absolute Gasteiger partial charge is 0.308 e. The van der Waals surface area contributed by atoms with Gasteiger partial charge in [0.25, 0.3) is 0 Å². The number of amidine groups is 1. The molecule has 0 radical (unpaired) electrons. The van der Waals surface area contributed by atoms with Gasteiger partial charge in [-0.3, -0.25) is 4.99 Å². The number of benzene rings is 1. The maximum absolute atomic E-state index is 5.64. The predicted molar refractivity (Wildman–Crippen MR) is 79.6 cm³/mol. The molecule has 1 aliphatic rings. The topological polar surface area (TPSA) is 50.4 Å². The lowest BCUT2D eigenvalue weighted by atomic mass is 9.96. The molecule has 0 aliphatic heterocycles. The Morgan fingerprint density at radius 1 is 1.33 bits per heavy atom. The quantitative estimate of drug-likeness (QED) is 0.381. The lowest BCUT2D eigenvalue weighted by Crippen LogP contribution is -2.33.